The number of rotatable bonds is 6. The Bertz CT molecular complexity index is 725. The van der Waals surface area contributed by atoms with Crippen molar-refractivity contribution in [1.82, 2.24) is 0 Å². The van der Waals surface area contributed by atoms with Gasteiger partial charge in [-0.3, -0.25) is 4.79 Å². The fourth-order valence-electron chi connectivity index (χ4n) is 2.25. The van der Waals surface area contributed by atoms with Gasteiger partial charge in [-0.05, 0) is 44.5 Å². The Kier molecular flexibility index (Phi) is 5.58. The number of carbonyl (C=O) groups is 2. The van der Waals surface area contributed by atoms with Gasteiger partial charge in [0.25, 0.3) is 0 Å². The molecule has 0 saturated carbocycles. The molecule has 0 heterocycles. The predicted molar refractivity (Wildman–Crippen MR) is 92.7 cm³/mol. The molecule has 5 heteroatoms. The first-order valence-electron chi connectivity index (χ1n) is 7.78. The smallest absolute Gasteiger partial charge is 0.335 e. The van der Waals surface area contributed by atoms with Gasteiger partial charge in [-0.2, -0.15) is 0 Å². The van der Waals surface area contributed by atoms with Gasteiger partial charge in [0.05, 0.1) is 23.3 Å². The van der Waals surface area contributed by atoms with E-state index in [1.54, 1.807) is 13.0 Å². The minimum absolute atomic E-state index is 0.0915. The summed E-state index contributed by atoms with van der Waals surface area (Å²) in [7, 11) is 0. The Balaban J connectivity index is 2.27. The second-order valence-electron chi connectivity index (χ2n) is 5.80. The van der Waals surface area contributed by atoms with Crippen molar-refractivity contribution in [3.8, 4) is 5.75 Å². The van der Waals surface area contributed by atoms with Crippen LogP contribution in [0.1, 0.15) is 42.6 Å². The van der Waals surface area contributed by atoms with E-state index in [9.17, 15) is 9.59 Å². The first-order chi connectivity index (χ1) is 11.4. The number of amides is 1. The highest BCUT2D eigenvalue weighted by atomic mass is 16.5. The maximum absolute atomic E-state index is 12.5. The molecule has 5 nitrogen and oxygen atoms in total. The number of hydrogen-bond acceptors (Lipinski definition) is 3. The Morgan fingerprint density at radius 1 is 1.04 bits per heavy atom. The lowest BCUT2D eigenvalue weighted by Gasteiger charge is -2.17. The van der Waals surface area contributed by atoms with Gasteiger partial charge in [0.15, 0.2) is 0 Å². The van der Waals surface area contributed by atoms with E-state index in [1.807, 2.05) is 44.2 Å². The van der Waals surface area contributed by atoms with Crippen molar-refractivity contribution in [2.75, 3.05) is 5.32 Å². The fraction of sp³-hybridized carbons (Fsp3) is 0.263. The Morgan fingerprint density at radius 3 is 2.29 bits per heavy atom. The van der Waals surface area contributed by atoms with Gasteiger partial charge in [0.1, 0.15) is 5.75 Å². The van der Waals surface area contributed by atoms with E-state index in [0.717, 1.165) is 5.56 Å². The molecule has 24 heavy (non-hydrogen) atoms. The van der Waals surface area contributed by atoms with Crippen molar-refractivity contribution < 1.29 is 19.4 Å². The minimum Gasteiger partial charge on any atom is -0.489 e. The van der Waals surface area contributed by atoms with E-state index < -0.39 is 5.97 Å². The highest BCUT2D eigenvalue weighted by Gasteiger charge is 2.18. The van der Waals surface area contributed by atoms with Gasteiger partial charge in [-0.1, -0.05) is 30.3 Å². The third kappa shape index (κ3) is 4.35. The van der Waals surface area contributed by atoms with E-state index in [1.165, 1.54) is 12.1 Å². The third-order valence-electron chi connectivity index (χ3n) is 3.54. The number of nitrogens with one attached hydrogen (secondary N) is 1. The maximum Gasteiger partial charge on any atom is 0.335 e. The van der Waals surface area contributed by atoms with Gasteiger partial charge in [0.2, 0.25) is 5.91 Å². The first-order valence-corrected chi connectivity index (χ1v) is 7.78. The van der Waals surface area contributed by atoms with Crippen molar-refractivity contribution in [3.63, 3.8) is 0 Å². The van der Waals surface area contributed by atoms with Gasteiger partial charge in [-0.15, -0.1) is 0 Å². The summed E-state index contributed by atoms with van der Waals surface area (Å²) < 4.78 is 5.66. The van der Waals surface area contributed by atoms with Gasteiger partial charge in [0, 0.05) is 0 Å². The van der Waals surface area contributed by atoms with E-state index in [2.05, 4.69) is 5.32 Å². The second kappa shape index (κ2) is 7.64. The van der Waals surface area contributed by atoms with Crippen LogP contribution in [-0.4, -0.2) is 23.1 Å². The molecule has 2 rings (SSSR count). The molecular formula is C19H21NO4. The van der Waals surface area contributed by atoms with Crippen LogP contribution in [0.2, 0.25) is 0 Å². The number of carboxylic acids is 1. The standard InChI is InChI=1S/C19H21NO4/c1-12(2)24-17-10-9-15(19(22)23)11-16(17)20-18(21)13(3)14-7-5-4-6-8-14/h4-13H,1-3H3,(H,20,21)(H,22,23). The fourth-order valence-corrected chi connectivity index (χ4v) is 2.25. The topological polar surface area (TPSA) is 75.6 Å². The molecule has 1 atom stereocenters. The first kappa shape index (κ1) is 17.5. The lowest BCUT2D eigenvalue weighted by atomic mass is 10.0. The largest absolute Gasteiger partial charge is 0.489 e. The number of carbonyl (C=O) groups excluding carboxylic acids is 1. The lowest BCUT2D eigenvalue weighted by molar-refractivity contribution is -0.117. The van der Waals surface area contributed by atoms with E-state index in [-0.39, 0.29) is 23.5 Å². The van der Waals surface area contributed by atoms with Crippen LogP contribution in [0.15, 0.2) is 48.5 Å². The molecular weight excluding hydrogens is 306 g/mol. The van der Waals surface area contributed by atoms with Gasteiger partial charge < -0.3 is 15.2 Å². The maximum atomic E-state index is 12.5. The Labute approximate surface area is 141 Å². The molecule has 0 radical (unpaired) electrons. The number of benzene rings is 2. The van der Waals surface area contributed by atoms with Crippen molar-refractivity contribution in [3.05, 3.63) is 59.7 Å². The van der Waals surface area contributed by atoms with Crippen LogP contribution in [0.3, 0.4) is 0 Å². The minimum atomic E-state index is -1.06. The molecule has 0 saturated heterocycles. The van der Waals surface area contributed by atoms with Crippen molar-refractivity contribution in [2.45, 2.75) is 32.8 Å². The summed E-state index contributed by atoms with van der Waals surface area (Å²) in [6.07, 6.45) is -0.0946. The summed E-state index contributed by atoms with van der Waals surface area (Å²) in [5.41, 5.74) is 1.33. The monoisotopic (exact) mass is 327 g/mol. The third-order valence-corrected chi connectivity index (χ3v) is 3.54. The number of carboxylic acid groups (broad SMARTS) is 1. The molecule has 2 aromatic rings. The molecule has 0 spiro atoms. The van der Waals surface area contributed by atoms with Gasteiger partial charge in [-0.25, -0.2) is 4.79 Å². The van der Waals surface area contributed by atoms with Crippen LogP contribution >= 0.6 is 0 Å². The summed E-state index contributed by atoms with van der Waals surface area (Å²) in [6.45, 7) is 5.53. The zero-order chi connectivity index (χ0) is 17.7. The molecule has 0 fully saturated rings. The highest BCUT2D eigenvalue weighted by molar-refractivity contribution is 5.98. The SMILES string of the molecule is CC(C)Oc1ccc(C(=O)O)cc1NC(=O)C(C)c1ccccc1. The normalized spacial score (nSPS) is 11.8. The number of aromatic carboxylic acids is 1. The summed E-state index contributed by atoms with van der Waals surface area (Å²) in [6, 6.07) is 13.8. The Hall–Kier alpha value is -2.82. The van der Waals surface area contributed by atoms with Crippen LogP contribution in [0.4, 0.5) is 5.69 Å². The molecule has 2 N–H and O–H groups in total. The number of anilines is 1. The quantitative estimate of drug-likeness (QED) is 0.843. The second-order valence-corrected chi connectivity index (χ2v) is 5.80. The molecule has 0 aromatic heterocycles. The lowest BCUT2D eigenvalue weighted by Crippen LogP contribution is -2.20. The van der Waals surface area contributed by atoms with E-state index in [4.69, 9.17) is 9.84 Å². The molecule has 0 aliphatic rings. The molecule has 0 aliphatic carbocycles. The number of hydrogen-bond donors (Lipinski definition) is 2. The summed E-state index contributed by atoms with van der Waals surface area (Å²) in [4.78, 5) is 23.7. The van der Waals surface area contributed by atoms with Gasteiger partial charge >= 0.3 is 5.97 Å². The molecule has 1 amide bonds. The highest BCUT2D eigenvalue weighted by Crippen LogP contribution is 2.28. The van der Waals surface area contributed by atoms with Crippen molar-refractivity contribution in [2.24, 2.45) is 0 Å². The Morgan fingerprint density at radius 2 is 1.71 bits per heavy atom. The summed E-state index contributed by atoms with van der Waals surface area (Å²) in [5, 5.41) is 11.9. The van der Waals surface area contributed by atoms with Crippen molar-refractivity contribution in [1.29, 1.82) is 0 Å². The van der Waals surface area contributed by atoms with Crippen molar-refractivity contribution >= 4 is 17.6 Å². The predicted octanol–water partition coefficient (Wildman–Crippen LogP) is 3.91. The van der Waals surface area contributed by atoms with E-state index >= 15 is 0 Å². The zero-order valence-electron chi connectivity index (χ0n) is 13.9. The molecule has 1 unspecified atom stereocenters. The molecule has 0 aliphatic heterocycles. The zero-order valence-corrected chi connectivity index (χ0v) is 13.9. The van der Waals surface area contributed by atoms with Crippen LogP contribution in [0, 0.1) is 0 Å². The van der Waals surface area contributed by atoms with E-state index in [0.29, 0.717) is 11.4 Å². The van der Waals surface area contributed by atoms with Crippen LogP contribution in [-0.2, 0) is 4.79 Å². The van der Waals surface area contributed by atoms with Crippen LogP contribution in [0.5, 0.6) is 5.75 Å². The molecule has 2 aromatic carbocycles. The summed E-state index contributed by atoms with van der Waals surface area (Å²) >= 11 is 0. The number of ether oxygens (including phenoxy) is 1. The van der Waals surface area contributed by atoms with Crippen LogP contribution < -0.4 is 10.1 Å². The summed E-state index contributed by atoms with van der Waals surface area (Å²) in [5.74, 6) is -1.20. The molecule has 126 valence electrons. The average molecular weight is 327 g/mol. The van der Waals surface area contributed by atoms with Crippen LogP contribution in [0.25, 0.3) is 0 Å². The average Bonchev–Trinajstić information content (AvgIpc) is 2.55. The molecule has 0 bridgehead atoms.